The van der Waals surface area contributed by atoms with E-state index >= 15 is 0 Å². The Balaban J connectivity index is 0.985. The van der Waals surface area contributed by atoms with Crippen molar-refractivity contribution in [2.45, 2.75) is 12.3 Å². The fourth-order valence-electron chi connectivity index (χ4n) is 6.84. The van der Waals surface area contributed by atoms with Gasteiger partial charge in [0, 0.05) is 44.8 Å². The molecule has 0 saturated heterocycles. The maximum atomic E-state index is 5.06. The number of aromatic nitrogens is 3. The second-order valence-electron chi connectivity index (χ2n) is 12.0. The van der Waals surface area contributed by atoms with Crippen molar-refractivity contribution in [3.63, 3.8) is 0 Å². The van der Waals surface area contributed by atoms with E-state index in [2.05, 4.69) is 140 Å². The van der Waals surface area contributed by atoms with Crippen molar-refractivity contribution in [2.24, 2.45) is 0 Å². The molecule has 1 aliphatic carbocycles. The number of benzene rings is 5. The number of rotatable bonds is 4. The predicted molar refractivity (Wildman–Crippen MR) is 192 cm³/mol. The van der Waals surface area contributed by atoms with E-state index in [1.165, 1.54) is 27.8 Å². The third kappa shape index (κ3) is 4.56. The van der Waals surface area contributed by atoms with Crippen molar-refractivity contribution in [1.29, 1.82) is 0 Å². The van der Waals surface area contributed by atoms with E-state index in [0.29, 0.717) is 5.92 Å². The molecule has 0 radical (unpaired) electrons. The Hall–Kier alpha value is -5.93. The van der Waals surface area contributed by atoms with Crippen LogP contribution in [0.1, 0.15) is 23.5 Å². The molecule has 46 heavy (non-hydrogen) atoms. The minimum atomic E-state index is 0.345. The topological polar surface area (TPSA) is 38.7 Å². The van der Waals surface area contributed by atoms with Crippen LogP contribution < -0.4 is 0 Å². The number of allylic oxidation sites excluding steroid dienone is 4. The minimum absolute atomic E-state index is 0.345. The summed E-state index contributed by atoms with van der Waals surface area (Å²) in [5.41, 5.74) is 12.3. The molecule has 1 aliphatic rings. The molecule has 0 saturated carbocycles. The predicted octanol–water partition coefficient (Wildman–Crippen LogP) is 10.9. The van der Waals surface area contributed by atoms with Gasteiger partial charge < -0.3 is 0 Å². The molecule has 216 valence electrons. The summed E-state index contributed by atoms with van der Waals surface area (Å²) in [6, 6.07) is 47.2. The lowest BCUT2D eigenvalue weighted by Crippen LogP contribution is -1.99. The van der Waals surface area contributed by atoms with E-state index in [4.69, 9.17) is 15.0 Å². The zero-order valence-electron chi connectivity index (χ0n) is 25.1. The number of pyridine rings is 3. The first-order valence-electron chi connectivity index (χ1n) is 15.8. The van der Waals surface area contributed by atoms with Gasteiger partial charge in [-0.2, -0.15) is 0 Å². The standard InChI is InChI=1S/C43H29N3/c1-3-9-38-32(6-1)24-26-39(45-38)33-19-15-30(16-20-33)28-11-13-29(14-12-28)31-17-21-34(22-18-31)41-36-8-2-4-10-40(36)46-43-37(41)25-23-35-7-5-27-44-42(35)43/h1-13,15-27,29H,14H2. The number of fused-ring (bicyclic) bond motifs is 5. The molecule has 1 atom stereocenters. The Morgan fingerprint density at radius 3 is 2.11 bits per heavy atom. The molecule has 1 unspecified atom stereocenters. The highest BCUT2D eigenvalue weighted by Crippen LogP contribution is 2.38. The molecule has 8 aromatic rings. The number of hydrogen-bond donors (Lipinski definition) is 0. The molecule has 5 aromatic carbocycles. The van der Waals surface area contributed by atoms with E-state index in [1.807, 2.05) is 18.3 Å². The lowest BCUT2D eigenvalue weighted by atomic mass is 9.87. The summed E-state index contributed by atoms with van der Waals surface area (Å²) >= 11 is 0. The largest absolute Gasteiger partial charge is 0.254 e. The van der Waals surface area contributed by atoms with E-state index in [9.17, 15) is 0 Å². The molecule has 0 amide bonds. The van der Waals surface area contributed by atoms with Crippen molar-refractivity contribution >= 4 is 49.2 Å². The van der Waals surface area contributed by atoms with Gasteiger partial charge in [0.25, 0.3) is 0 Å². The van der Waals surface area contributed by atoms with Crippen molar-refractivity contribution in [3.05, 3.63) is 169 Å². The molecule has 3 nitrogen and oxygen atoms in total. The van der Waals surface area contributed by atoms with Crippen LogP contribution in [-0.2, 0) is 0 Å². The van der Waals surface area contributed by atoms with E-state index in [1.54, 1.807) is 0 Å². The van der Waals surface area contributed by atoms with Gasteiger partial charge in [0.2, 0.25) is 0 Å². The van der Waals surface area contributed by atoms with Crippen molar-refractivity contribution < 1.29 is 0 Å². The summed E-state index contributed by atoms with van der Waals surface area (Å²) < 4.78 is 0. The Kier molecular flexibility index (Phi) is 6.27. The summed E-state index contributed by atoms with van der Waals surface area (Å²) in [6.45, 7) is 0. The molecule has 3 heteroatoms. The van der Waals surface area contributed by atoms with E-state index in [0.717, 1.165) is 61.3 Å². The lowest BCUT2D eigenvalue weighted by Gasteiger charge is -2.18. The number of hydrogen-bond acceptors (Lipinski definition) is 3. The van der Waals surface area contributed by atoms with Gasteiger partial charge in [-0.25, -0.2) is 9.97 Å². The van der Waals surface area contributed by atoms with Gasteiger partial charge in [0.05, 0.1) is 27.8 Å². The molecule has 0 N–H and O–H groups in total. The van der Waals surface area contributed by atoms with E-state index in [-0.39, 0.29) is 0 Å². The van der Waals surface area contributed by atoms with Crippen LogP contribution >= 0.6 is 0 Å². The minimum Gasteiger partial charge on any atom is -0.254 e. The highest BCUT2D eigenvalue weighted by molar-refractivity contribution is 6.15. The van der Waals surface area contributed by atoms with Crippen molar-refractivity contribution in [1.82, 2.24) is 15.0 Å². The second-order valence-corrected chi connectivity index (χ2v) is 12.0. The van der Waals surface area contributed by atoms with Gasteiger partial charge in [-0.05, 0) is 52.9 Å². The molecular formula is C43H29N3. The van der Waals surface area contributed by atoms with Crippen LogP contribution in [0.5, 0.6) is 0 Å². The van der Waals surface area contributed by atoms with Crippen molar-refractivity contribution in [3.8, 4) is 22.4 Å². The normalized spacial score (nSPS) is 14.7. The van der Waals surface area contributed by atoms with Gasteiger partial charge in [-0.15, -0.1) is 0 Å². The average molecular weight is 588 g/mol. The van der Waals surface area contributed by atoms with Crippen LogP contribution in [0.15, 0.2) is 158 Å². The molecule has 0 spiro atoms. The SMILES string of the molecule is C1=CC(c2ccc(-c3c4ccccc4nc4c3ccc3cccnc34)cc2)CC=C1c1ccc(-c2ccc3ccccc3n2)cc1. The van der Waals surface area contributed by atoms with Crippen LogP contribution in [0, 0.1) is 0 Å². The zero-order chi connectivity index (χ0) is 30.5. The van der Waals surface area contributed by atoms with Gasteiger partial charge in [-0.3, -0.25) is 4.98 Å². The summed E-state index contributed by atoms with van der Waals surface area (Å²) in [6.07, 6.45) is 9.80. The Labute approximate surface area is 267 Å². The highest BCUT2D eigenvalue weighted by atomic mass is 14.7. The molecule has 3 aromatic heterocycles. The molecular weight excluding hydrogens is 558 g/mol. The molecule has 0 fully saturated rings. The first-order valence-corrected chi connectivity index (χ1v) is 15.8. The molecule has 0 bridgehead atoms. The molecule has 3 heterocycles. The third-order valence-electron chi connectivity index (χ3n) is 9.26. The zero-order valence-corrected chi connectivity index (χ0v) is 25.1. The quantitative estimate of drug-likeness (QED) is 0.152. The van der Waals surface area contributed by atoms with Crippen LogP contribution in [0.4, 0.5) is 0 Å². The summed E-state index contributed by atoms with van der Waals surface area (Å²) in [5.74, 6) is 0.345. The summed E-state index contributed by atoms with van der Waals surface area (Å²) in [7, 11) is 0. The first-order chi connectivity index (χ1) is 22.8. The van der Waals surface area contributed by atoms with Crippen LogP contribution in [-0.4, -0.2) is 15.0 Å². The monoisotopic (exact) mass is 587 g/mol. The number of nitrogens with zero attached hydrogens (tertiary/aromatic N) is 3. The highest BCUT2D eigenvalue weighted by Gasteiger charge is 2.16. The molecule has 9 rings (SSSR count). The molecule has 0 aliphatic heterocycles. The van der Waals surface area contributed by atoms with Crippen LogP contribution in [0.3, 0.4) is 0 Å². The van der Waals surface area contributed by atoms with Crippen LogP contribution in [0.25, 0.3) is 71.6 Å². The smallest absolute Gasteiger partial charge is 0.0978 e. The van der Waals surface area contributed by atoms with Gasteiger partial charge in [0.1, 0.15) is 0 Å². The van der Waals surface area contributed by atoms with Crippen LogP contribution in [0.2, 0.25) is 0 Å². The van der Waals surface area contributed by atoms with Gasteiger partial charge in [-0.1, -0.05) is 127 Å². The maximum absolute atomic E-state index is 5.06. The average Bonchev–Trinajstić information content (AvgIpc) is 3.14. The fourth-order valence-corrected chi connectivity index (χ4v) is 6.84. The van der Waals surface area contributed by atoms with Crippen molar-refractivity contribution in [2.75, 3.05) is 0 Å². The maximum Gasteiger partial charge on any atom is 0.0978 e. The Morgan fingerprint density at radius 2 is 1.26 bits per heavy atom. The second kappa shape index (κ2) is 10.9. The van der Waals surface area contributed by atoms with Gasteiger partial charge >= 0.3 is 0 Å². The fraction of sp³-hybridized carbons (Fsp3) is 0.0465. The Morgan fingerprint density at radius 1 is 0.522 bits per heavy atom. The third-order valence-corrected chi connectivity index (χ3v) is 9.26. The first kappa shape index (κ1) is 26.5. The van der Waals surface area contributed by atoms with Gasteiger partial charge in [0.15, 0.2) is 0 Å². The summed E-state index contributed by atoms with van der Waals surface area (Å²) in [5, 5.41) is 4.56. The Bertz CT molecular complexity index is 2490. The summed E-state index contributed by atoms with van der Waals surface area (Å²) in [4.78, 5) is 14.6. The lowest BCUT2D eigenvalue weighted by molar-refractivity contribution is 0.857. The van der Waals surface area contributed by atoms with E-state index < -0.39 is 0 Å². The number of para-hydroxylation sites is 2.